The van der Waals surface area contributed by atoms with E-state index in [4.69, 9.17) is 0 Å². The fraction of sp³-hybridized carbons (Fsp3) is 0.875. The van der Waals surface area contributed by atoms with Crippen LogP contribution in [0.3, 0.4) is 0 Å². The minimum absolute atomic E-state index is 0.376. The van der Waals surface area contributed by atoms with Crippen LogP contribution in [0, 0.1) is 5.41 Å². The molecule has 0 radical (unpaired) electrons. The number of hydrogen-bond acceptors (Lipinski definition) is 1. The normalized spacial score (nSPS) is 20.4. The lowest BCUT2D eigenvalue weighted by Gasteiger charge is -2.36. The number of likely N-dealkylation sites (N-methyl/N-ethyl adjacent to an activating group) is 1. The smallest absolute Gasteiger partial charge is 0.0330 e. The van der Waals surface area contributed by atoms with E-state index in [1.165, 1.54) is 44.9 Å². The Balaban J connectivity index is 2.80. The number of allylic oxidation sites excluding steroid dienone is 1. The highest BCUT2D eigenvalue weighted by Gasteiger charge is 2.29. The van der Waals surface area contributed by atoms with Gasteiger partial charge in [0.1, 0.15) is 0 Å². The van der Waals surface area contributed by atoms with Crippen LogP contribution in [0.2, 0.25) is 0 Å². The molecule has 1 N–H and O–H groups in total. The van der Waals surface area contributed by atoms with Crippen LogP contribution in [-0.4, -0.2) is 12.6 Å². The first kappa shape index (κ1) is 14.8. The molecule has 0 amide bonds. The molecule has 1 aliphatic carbocycles. The highest BCUT2D eigenvalue weighted by atomic mass is 14.9. The van der Waals surface area contributed by atoms with Crippen LogP contribution in [0.4, 0.5) is 0 Å². The first-order chi connectivity index (χ1) is 8.11. The first-order valence-corrected chi connectivity index (χ1v) is 7.54. The molecule has 0 aromatic carbocycles. The Morgan fingerprint density at radius 3 is 2.53 bits per heavy atom. The van der Waals surface area contributed by atoms with Gasteiger partial charge in [-0.05, 0) is 44.1 Å². The van der Waals surface area contributed by atoms with E-state index in [0.29, 0.717) is 11.5 Å². The van der Waals surface area contributed by atoms with Gasteiger partial charge in [0.25, 0.3) is 0 Å². The number of rotatable bonds is 5. The average Bonchev–Trinajstić information content (AvgIpc) is 2.26. The molecule has 0 spiro atoms. The van der Waals surface area contributed by atoms with Gasteiger partial charge in [-0.1, -0.05) is 52.2 Å². The SMILES string of the molecule is CCNC(C1=CCCCCCC1)C(C)(C)CC. The topological polar surface area (TPSA) is 12.0 Å². The van der Waals surface area contributed by atoms with Crippen molar-refractivity contribution in [1.82, 2.24) is 5.32 Å². The van der Waals surface area contributed by atoms with Crippen LogP contribution >= 0.6 is 0 Å². The van der Waals surface area contributed by atoms with Gasteiger partial charge in [-0.25, -0.2) is 0 Å². The summed E-state index contributed by atoms with van der Waals surface area (Å²) >= 11 is 0. The second-order valence-corrected chi connectivity index (χ2v) is 6.06. The summed E-state index contributed by atoms with van der Waals surface area (Å²) in [6.45, 7) is 10.4. The highest BCUT2D eigenvalue weighted by Crippen LogP contribution is 2.33. The van der Waals surface area contributed by atoms with E-state index in [1.54, 1.807) is 5.57 Å². The van der Waals surface area contributed by atoms with Crippen molar-refractivity contribution >= 4 is 0 Å². The van der Waals surface area contributed by atoms with E-state index >= 15 is 0 Å². The molecule has 1 atom stereocenters. The molecule has 0 saturated heterocycles. The summed E-state index contributed by atoms with van der Waals surface area (Å²) < 4.78 is 0. The second kappa shape index (κ2) is 7.20. The van der Waals surface area contributed by atoms with Crippen LogP contribution in [0.25, 0.3) is 0 Å². The van der Waals surface area contributed by atoms with Crippen LogP contribution in [0.5, 0.6) is 0 Å². The Morgan fingerprint density at radius 1 is 1.18 bits per heavy atom. The molecule has 0 saturated carbocycles. The molecule has 0 aliphatic heterocycles. The summed E-state index contributed by atoms with van der Waals surface area (Å²) in [5.41, 5.74) is 2.06. The third-order valence-corrected chi connectivity index (χ3v) is 4.30. The van der Waals surface area contributed by atoms with E-state index in [9.17, 15) is 0 Å². The Hall–Kier alpha value is -0.300. The van der Waals surface area contributed by atoms with Gasteiger partial charge in [-0.2, -0.15) is 0 Å². The van der Waals surface area contributed by atoms with Gasteiger partial charge >= 0.3 is 0 Å². The van der Waals surface area contributed by atoms with Gasteiger partial charge in [-0.15, -0.1) is 0 Å². The molecule has 17 heavy (non-hydrogen) atoms. The monoisotopic (exact) mass is 237 g/mol. The van der Waals surface area contributed by atoms with Crippen LogP contribution in [0.1, 0.15) is 72.6 Å². The molecule has 0 aromatic rings. The molecule has 1 rings (SSSR count). The van der Waals surface area contributed by atoms with E-state index in [2.05, 4.69) is 39.1 Å². The minimum Gasteiger partial charge on any atom is -0.310 e. The van der Waals surface area contributed by atoms with Crippen LogP contribution in [-0.2, 0) is 0 Å². The Bertz CT molecular complexity index is 240. The van der Waals surface area contributed by atoms with Crippen molar-refractivity contribution in [1.29, 1.82) is 0 Å². The van der Waals surface area contributed by atoms with Gasteiger partial charge in [-0.3, -0.25) is 0 Å². The lowest BCUT2D eigenvalue weighted by molar-refractivity contribution is 0.257. The zero-order valence-electron chi connectivity index (χ0n) is 12.3. The summed E-state index contributed by atoms with van der Waals surface area (Å²) in [4.78, 5) is 0. The highest BCUT2D eigenvalue weighted by molar-refractivity contribution is 5.15. The number of hydrogen-bond donors (Lipinski definition) is 1. The zero-order chi connectivity index (χ0) is 12.7. The van der Waals surface area contributed by atoms with Gasteiger partial charge in [0.15, 0.2) is 0 Å². The van der Waals surface area contributed by atoms with Crippen molar-refractivity contribution in [2.45, 2.75) is 78.7 Å². The molecular weight excluding hydrogens is 206 g/mol. The summed E-state index contributed by atoms with van der Waals surface area (Å²) in [6, 6.07) is 0.579. The van der Waals surface area contributed by atoms with Crippen molar-refractivity contribution < 1.29 is 0 Å². The lowest BCUT2D eigenvalue weighted by Crippen LogP contribution is -2.43. The Morgan fingerprint density at radius 2 is 1.88 bits per heavy atom. The minimum atomic E-state index is 0.376. The molecule has 0 bridgehead atoms. The van der Waals surface area contributed by atoms with Crippen molar-refractivity contribution in [3.63, 3.8) is 0 Å². The van der Waals surface area contributed by atoms with Crippen molar-refractivity contribution in [2.24, 2.45) is 5.41 Å². The van der Waals surface area contributed by atoms with Gasteiger partial charge in [0.05, 0.1) is 0 Å². The third kappa shape index (κ3) is 4.46. The zero-order valence-corrected chi connectivity index (χ0v) is 12.3. The van der Waals surface area contributed by atoms with Gasteiger partial charge in [0, 0.05) is 6.04 Å². The molecule has 1 aliphatic rings. The summed E-state index contributed by atoms with van der Waals surface area (Å²) in [6.07, 6.45) is 12.0. The Labute approximate surface area is 108 Å². The molecule has 0 heterocycles. The Kier molecular flexibility index (Phi) is 6.26. The summed E-state index contributed by atoms with van der Waals surface area (Å²) in [5.74, 6) is 0. The molecule has 100 valence electrons. The third-order valence-electron chi connectivity index (χ3n) is 4.30. The van der Waals surface area contributed by atoms with E-state index in [1.807, 2.05) is 0 Å². The van der Waals surface area contributed by atoms with Crippen molar-refractivity contribution in [3.8, 4) is 0 Å². The fourth-order valence-electron chi connectivity index (χ4n) is 2.80. The molecule has 0 aromatic heterocycles. The van der Waals surface area contributed by atoms with Crippen molar-refractivity contribution in [2.75, 3.05) is 6.54 Å². The maximum atomic E-state index is 3.72. The van der Waals surface area contributed by atoms with Crippen molar-refractivity contribution in [3.05, 3.63) is 11.6 Å². The number of nitrogens with one attached hydrogen (secondary N) is 1. The van der Waals surface area contributed by atoms with Crippen LogP contribution in [0.15, 0.2) is 11.6 Å². The molecule has 1 nitrogen and oxygen atoms in total. The van der Waals surface area contributed by atoms with Crippen LogP contribution < -0.4 is 5.32 Å². The molecule has 0 fully saturated rings. The van der Waals surface area contributed by atoms with E-state index < -0.39 is 0 Å². The first-order valence-electron chi connectivity index (χ1n) is 7.54. The van der Waals surface area contributed by atoms with Gasteiger partial charge in [0.2, 0.25) is 0 Å². The maximum Gasteiger partial charge on any atom is 0.0330 e. The second-order valence-electron chi connectivity index (χ2n) is 6.06. The predicted octanol–water partition coefficient (Wildman–Crippen LogP) is 4.68. The molecule has 1 unspecified atom stereocenters. The summed E-state index contributed by atoms with van der Waals surface area (Å²) in [7, 11) is 0. The quantitative estimate of drug-likeness (QED) is 0.685. The largest absolute Gasteiger partial charge is 0.310 e. The average molecular weight is 237 g/mol. The standard InChI is InChI=1S/C16H31N/c1-5-16(3,4)15(17-6-2)14-12-10-8-7-9-11-13-14/h12,15,17H,5-11,13H2,1-4H3. The van der Waals surface area contributed by atoms with E-state index in [0.717, 1.165) is 6.54 Å². The maximum absolute atomic E-state index is 3.72. The lowest BCUT2D eigenvalue weighted by atomic mass is 9.76. The predicted molar refractivity (Wildman–Crippen MR) is 77.3 cm³/mol. The molecular formula is C16H31N. The van der Waals surface area contributed by atoms with E-state index in [-0.39, 0.29) is 0 Å². The summed E-state index contributed by atoms with van der Waals surface area (Å²) in [5, 5.41) is 3.72. The fourth-order valence-corrected chi connectivity index (χ4v) is 2.80. The van der Waals surface area contributed by atoms with Gasteiger partial charge < -0.3 is 5.32 Å². The molecule has 1 heteroatoms.